The van der Waals surface area contributed by atoms with Gasteiger partial charge in [-0.15, -0.1) is 0 Å². The minimum absolute atomic E-state index is 0.0690. The molecule has 3 nitrogen and oxygen atoms in total. The van der Waals surface area contributed by atoms with Crippen LogP contribution >= 0.6 is 0 Å². The molecule has 3 aromatic rings. The van der Waals surface area contributed by atoms with Crippen LogP contribution in [0.5, 0.6) is 0 Å². The number of carboxylic acid groups (broad SMARTS) is 1. The Kier molecular flexibility index (Phi) is 3.16. The zero-order valence-corrected chi connectivity index (χ0v) is 11.1. The first-order chi connectivity index (χ1) is 10.3. The quantitative estimate of drug-likeness (QED) is 0.729. The summed E-state index contributed by atoms with van der Waals surface area (Å²) in [6.45, 7) is 0. The van der Waals surface area contributed by atoms with Crippen LogP contribution in [0.4, 0.5) is 13.2 Å². The summed E-state index contributed by atoms with van der Waals surface area (Å²) in [6, 6.07) is 11.5. The van der Waals surface area contributed by atoms with Crippen LogP contribution in [0.1, 0.15) is 16.1 Å². The van der Waals surface area contributed by atoms with Crippen LogP contribution in [0.25, 0.3) is 22.0 Å². The Morgan fingerprint density at radius 3 is 2.18 bits per heavy atom. The van der Waals surface area contributed by atoms with Gasteiger partial charge in [-0.05, 0) is 41.5 Å². The minimum atomic E-state index is -4.36. The maximum absolute atomic E-state index is 12.5. The fraction of sp³-hybridized carbons (Fsp3) is 0.0625. The van der Waals surface area contributed by atoms with E-state index >= 15 is 0 Å². The van der Waals surface area contributed by atoms with Crippen molar-refractivity contribution in [2.75, 3.05) is 0 Å². The van der Waals surface area contributed by atoms with Crippen molar-refractivity contribution in [1.82, 2.24) is 4.98 Å². The van der Waals surface area contributed by atoms with Crippen molar-refractivity contribution < 1.29 is 23.1 Å². The number of aromatic amines is 1. The summed E-state index contributed by atoms with van der Waals surface area (Å²) >= 11 is 0. The second kappa shape index (κ2) is 4.91. The van der Waals surface area contributed by atoms with E-state index < -0.39 is 17.7 Å². The molecule has 112 valence electrons. The van der Waals surface area contributed by atoms with Gasteiger partial charge in [-0.1, -0.05) is 18.2 Å². The zero-order valence-electron chi connectivity index (χ0n) is 11.1. The minimum Gasteiger partial charge on any atom is -0.477 e. The number of fused-ring (bicyclic) bond motifs is 1. The predicted octanol–water partition coefficient (Wildman–Crippen LogP) is 4.55. The summed E-state index contributed by atoms with van der Waals surface area (Å²) in [6.07, 6.45) is -4.36. The number of benzene rings is 2. The van der Waals surface area contributed by atoms with Crippen LogP contribution in [0.3, 0.4) is 0 Å². The third-order valence-corrected chi connectivity index (χ3v) is 3.40. The fourth-order valence-corrected chi connectivity index (χ4v) is 2.28. The van der Waals surface area contributed by atoms with Gasteiger partial charge < -0.3 is 10.1 Å². The van der Waals surface area contributed by atoms with E-state index in [9.17, 15) is 18.0 Å². The molecule has 0 spiro atoms. The van der Waals surface area contributed by atoms with Crippen LogP contribution in [-0.2, 0) is 6.18 Å². The molecule has 0 saturated carbocycles. The smallest absolute Gasteiger partial charge is 0.416 e. The molecule has 0 amide bonds. The van der Waals surface area contributed by atoms with Crippen molar-refractivity contribution in [1.29, 1.82) is 0 Å². The Morgan fingerprint density at radius 1 is 0.955 bits per heavy atom. The van der Waals surface area contributed by atoms with E-state index in [4.69, 9.17) is 5.11 Å². The molecule has 0 aliphatic rings. The van der Waals surface area contributed by atoms with Crippen LogP contribution in [0, 0.1) is 0 Å². The monoisotopic (exact) mass is 305 g/mol. The van der Waals surface area contributed by atoms with Crippen LogP contribution in [0.15, 0.2) is 48.5 Å². The van der Waals surface area contributed by atoms with Crippen molar-refractivity contribution in [2.24, 2.45) is 0 Å². The molecule has 3 rings (SSSR count). The molecule has 0 bridgehead atoms. The van der Waals surface area contributed by atoms with E-state index in [1.165, 1.54) is 18.2 Å². The van der Waals surface area contributed by atoms with Crippen molar-refractivity contribution in [2.45, 2.75) is 6.18 Å². The highest BCUT2D eigenvalue weighted by atomic mass is 19.4. The second-order valence-electron chi connectivity index (χ2n) is 4.87. The number of H-pyrrole nitrogens is 1. The molecule has 0 radical (unpaired) electrons. The number of halogens is 3. The summed E-state index contributed by atoms with van der Waals surface area (Å²) in [5, 5.41) is 9.63. The Labute approximate surface area is 123 Å². The molecule has 0 saturated heterocycles. The lowest BCUT2D eigenvalue weighted by Crippen LogP contribution is -2.03. The van der Waals surface area contributed by atoms with Gasteiger partial charge in [0.05, 0.1) is 5.56 Å². The maximum Gasteiger partial charge on any atom is 0.416 e. The Balaban J connectivity index is 2.01. The Bertz CT molecular complexity index is 848. The van der Waals surface area contributed by atoms with Crippen molar-refractivity contribution in [3.05, 3.63) is 59.8 Å². The van der Waals surface area contributed by atoms with Gasteiger partial charge in [0.2, 0.25) is 0 Å². The van der Waals surface area contributed by atoms with E-state index in [1.54, 1.807) is 18.2 Å². The molecule has 2 N–H and O–H groups in total. The number of aromatic nitrogens is 1. The van der Waals surface area contributed by atoms with Crippen molar-refractivity contribution >= 4 is 16.9 Å². The molecule has 0 aliphatic carbocycles. The molecular weight excluding hydrogens is 295 g/mol. The van der Waals surface area contributed by atoms with Crippen LogP contribution in [0.2, 0.25) is 0 Å². The number of carbonyl (C=O) groups is 1. The average Bonchev–Trinajstić information content (AvgIpc) is 2.89. The van der Waals surface area contributed by atoms with Crippen LogP contribution in [-0.4, -0.2) is 16.1 Å². The lowest BCUT2D eigenvalue weighted by atomic mass is 10.0. The predicted molar refractivity (Wildman–Crippen MR) is 75.7 cm³/mol. The highest BCUT2D eigenvalue weighted by molar-refractivity contribution is 5.95. The molecule has 1 aromatic heterocycles. The summed E-state index contributed by atoms with van der Waals surface area (Å²) < 4.78 is 37.6. The molecule has 0 aliphatic heterocycles. The average molecular weight is 305 g/mol. The van der Waals surface area contributed by atoms with Gasteiger partial charge in [0.1, 0.15) is 5.69 Å². The standard InChI is InChI=1S/C16H10F3NO2/c17-16(18,19)12-4-1-9(2-5-12)10-3-6-13-11(7-10)8-14(20-13)15(21)22/h1-8,20H,(H,21,22). The molecule has 22 heavy (non-hydrogen) atoms. The summed E-state index contributed by atoms with van der Waals surface area (Å²) in [4.78, 5) is 13.7. The summed E-state index contributed by atoms with van der Waals surface area (Å²) in [5.74, 6) is -1.06. The van der Waals surface area contributed by atoms with Crippen molar-refractivity contribution in [3.63, 3.8) is 0 Å². The fourth-order valence-electron chi connectivity index (χ4n) is 2.28. The SMILES string of the molecule is O=C(O)c1cc2cc(-c3ccc(C(F)(F)F)cc3)ccc2[nH]1. The summed E-state index contributed by atoms with van der Waals surface area (Å²) in [5.41, 5.74) is 1.38. The number of hydrogen-bond donors (Lipinski definition) is 2. The number of nitrogens with one attached hydrogen (secondary N) is 1. The highest BCUT2D eigenvalue weighted by Crippen LogP contribution is 2.31. The van der Waals surface area contributed by atoms with Crippen molar-refractivity contribution in [3.8, 4) is 11.1 Å². The number of rotatable bonds is 2. The van der Waals surface area contributed by atoms with Gasteiger partial charge in [0.25, 0.3) is 0 Å². The van der Waals surface area contributed by atoms with E-state index in [1.807, 2.05) is 0 Å². The third-order valence-electron chi connectivity index (χ3n) is 3.40. The second-order valence-corrected chi connectivity index (χ2v) is 4.87. The summed E-state index contributed by atoms with van der Waals surface area (Å²) in [7, 11) is 0. The van der Waals surface area contributed by atoms with E-state index in [0.29, 0.717) is 16.5 Å². The number of carboxylic acids is 1. The third kappa shape index (κ3) is 2.55. The van der Waals surface area contributed by atoms with E-state index in [2.05, 4.69) is 4.98 Å². The molecule has 6 heteroatoms. The van der Waals surface area contributed by atoms with E-state index in [-0.39, 0.29) is 5.69 Å². The Morgan fingerprint density at radius 2 is 1.59 bits per heavy atom. The lowest BCUT2D eigenvalue weighted by Gasteiger charge is -2.08. The molecule has 1 heterocycles. The van der Waals surface area contributed by atoms with Gasteiger partial charge in [-0.2, -0.15) is 13.2 Å². The van der Waals surface area contributed by atoms with Gasteiger partial charge >= 0.3 is 12.1 Å². The normalized spacial score (nSPS) is 11.8. The first-order valence-electron chi connectivity index (χ1n) is 6.38. The number of alkyl halides is 3. The van der Waals surface area contributed by atoms with Gasteiger partial charge in [0, 0.05) is 10.9 Å². The molecule has 0 fully saturated rings. The molecule has 0 atom stereocenters. The highest BCUT2D eigenvalue weighted by Gasteiger charge is 2.29. The number of hydrogen-bond acceptors (Lipinski definition) is 1. The zero-order chi connectivity index (χ0) is 15.9. The largest absolute Gasteiger partial charge is 0.477 e. The molecule has 2 aromatic carbocycles. The Hall–Kier alpha value is -2.76. The van der Waals surface area contributed by atoms with Gasteiger partial charge in [0.15, 0.2) is 0 Å². The van der Waals surface area contributed by atoms with Gasteiger partial charge in [-0.25, -0.2) is 4.79 Å². The van der Waals surface area contributed by atoms with E-state index in [0.717, 1.165) is 17.7 Å². The topological polar surface area (TPSA) is 53.1 Å². The lowest BCUT2D eigenvalue weighted by molar-refractivity contribution is -0.137. The van der Waals surface area contributed by atoms with Crippen LogP contribution < -0.4 is 0 Å². The molecule has 0 unspecified atom stereocenters. The number of aromatic carboxylic acids is 1. The first kappa shape index (κ1) is 14.2. The molecular formula is C16H10F3NO2. The maximum atomic E-state index is 12.5. The first-order valence-corrected chi connectivity index (χ1v) is 6.38. The van der Waals surface area contributed by atoms with Gasteiger partial charge in [-0.3, -0.25) is 0 Å².